The van der Waals surface area contributed by atoms with E-state index in [0.717, 1.165) is 19.3 Å². The first-order valence-electron chi connectivity index (χ1n) is 6.32. The van der Waals surface area contributed by atoms with Crippen LogP contribution in [0.3, 0.4) is 0 Å². The zero-order valence-electron chi connectivity index (χ0n) is 10.5. The second-order valence-corrected chi connectivity index (χ2v) is 5.84. The van der Waals surface area contributed by atoms with Gasteiger partial charge in [0.25, 0.3) is 0 Å². The van der Waals surface area contributed by atoms with Crippen molar-refractivity contribution in [3.05, 3.63) is 0 Å². The van der Waals surface area contributed by atoms with E-state index in [1.54, 1.807) is 0 Å². The van der Waals surface area contributed by atoms with Gasteiger partial charge in [0.2, 0.25) is 0 Å². The fraction of sp³-hybridized carbons (Fsp3) is 0.923. The molecule has 0 radical (unpaired) electrons. The van der Waals surface area contributed by atoms with E-state index in [1.165, 1.54) is 0 Å². The minimum atomic E-state index is -1.03. The molecule has 2 fully saturated rings. The van der Waals surface area contributed by atoms with Crippen LogP contribution in [0.15, 0.2) is 0 Å². The summed E-state index contributed by atoms with van der Waals surface area (Å²) in [5.74, 6) is -0.634. The molecular weight excluding hydrogens is 204 g/mol. The molecule has 1 saturated carbocycles. The van der Waals surface area contributed by atoms with Crippen LogP contribution in [0, 0.1) is 11.3 Å². The highest BCUT2D eigenvalue weighted by atomic mass is 16.6. The molecule has 1 saturated heterocycles. The molecule has 1 aliphatic heterocycles. The average molecular weight is 226 g/mol. The predicted molar refractivity (Wildman–Crippen MR) is 60.9 cm³/mol. The number of Topliss-reactive ketones (excluding diaryl/α,β-unsaturated/α-hetero) is 1. The van der Waals surface area contributed by atoms with Crippen LogP contribution in [0.1, 0.15) is 52.9 Å². The van der Waals surface area contributed by atoms with Crippen molar-refractivity contribution < 1.29 is 14.6 Å². The number of fused-ring (bicyclic) bond motifs is 1. The van der Waals surface area contributed by atoms with E-state index in [1.807, 2.05) is 20.8 Å². The largest absolute Gasteiger partial charge is 0.365 e. The van der Waals surface area contributed by atoms with Gasteiger partial charge in [-0.15, -0.1) is 0 Å². The summed E-state index contributed by atoms with van der Waals surface area (Å²) in [5.41, 5.74) is -0.348. The van der Waals surface area contributed by atoms with Crippen molar-refractivity contribution in [2.75, 3.05) is 0 Å². The normalized spacial score (nSPS) is 44.6. The molecule has 16 heavy (non-hydrogen) atoms. The van der Waals surface area contributed by atoms with Crippen LogP contribution < -0.4 is 0 Å². The Balaban J connectivity index is 2.19. The lowest BCUT2D eigenvalue weighted by atomic mass is 9.66. The SMILES string of the molecule is CC(C)C1(O)CC[C@]2(C)C(=O)CCC[C@@H]2O1. The molecule has 0 amide bonds. The molecule has 0 aromatic heterocycles. The van der Waals surface area contributed by atoms with Crippen LogP contribution >= 0.6 is 0 Å². The Hall–Kier alpha value is -0.410. The molecule has 1 aliphatic carbocycles. The van der Waals surface area contributed by atoms with Gasteiger partial charge in [-0.2, -0.15) is 0 Å². The summed E-state index contributed by atoms with van der Waals surface area (Å²) in [6, 6.07) is 0. The maximum Gasteiger partial charge on any atom is 0.168 e. The third kappa shape index (κ3) is 1.70. The molecule has 3 atom stereocenters. The smallest absolute Gasteiger partial charge is 0.168 e. The molecule has 0 aromatic carbocycles. The van der Waals surface area contributed by atoms with Gasteiger partial charge in [-0.05, 0) is 19.3 Å². The monoisotopic (exact) mass is 226 g/mol. The third-order valence-electron chi connectivity index (χ3n) is 4.47. The van der Waals surface area contributed by atoms with Gasteiger partial charge < -0.3 is 9.84 Å². The van der Waals surface area contributed by atoms with E-state index in [9.17, 15) is 9.90 Å². The number of carbonyl (C=O) groups is 1. The van der Waals surface area contributed by atoms with Gasteiger partial charge in [0.15, 0.2) is 5.79 Å². The standard InChI is InChI=1S/C13H22O3/c1-9(2)13(15)8-7-12(3)10(14)5-4-6-11(12)16-13/h9,11,15H,4-8H2,1-3H3/t11-,12+,13?/m0/s1. The van der Waals surface area contributed by atoms with Crippen molar-refractivity contribution in [3.8, 4) is 0 Å². The summed E-state index contributed by atoms with van der Waals surface area (Å²) >= 11 is 0. The van der Waals surface area contributed by atoms with Gasteiger partial charge >= 0.3 is 0 Å². The number of aliphatic hydroxyl groups is 1. The number of hydrogen-bond donors (Lipinski definition) is 1. The molecule has 1 N–H and O–H groups in total. The lowest BCUT2D eigenvalue weighted by Gasteiger charge is -2.50. The molecule has 1 heterocycles. The van der Waals surface area contributed by atoms with E-state index in [2.05, 4.69) is 0 Å². The topological polar surface area (TPSA) is 46.5 Å². The highest BCUT2D eigenvalue weighted by Crippen LogP contribution is 2.47. The van der Waals surface area contributed by atoms with E-state index in [4.69, 9.17) is 4.74 Å². The molecule has 0 bridgehead atoms. The van der Waals surface area contributed by atoms with Crippen LogP contribution in [-0.2, 0) is 9.53 Å². The first-order valence-corrected chi connectivity index (χ1v) is 6.32. The number of carbonyl (C=O) groups excluding carboxylic acids is 1. The van der Waals surface area contributed by atoms with Crippen molar-refractivity contribution in [2.45, 2.75) is 64.8 Å². The first-order chi connectivity index (χ1) is 7.38. The molecule has 1 unspecified atom stereocenters. The minimum Gasteiger partial charge on any atom is -0.365 e. The minimum absolute atomic E-state index is 0.0779. The van der Waals surface area contributed by atoms with Crippen molar-refractivity contribution in [2.24, 2.45) is 11.3 Å². The molecule has 3 nitrogen and oxygen atoms in total. The molecule has 0 spiro atoms. The summed E-state index contributed by atoms with van der Waals surface area (Å²) < 4.78 is 5.85. The molecule has 3 heteroatoms. The number of rotatable bonds is 1. The lowest BCUT2D eigenvalue weighted by molar-refractivity contribution is -0.302. The van der Waals surface area contributed by atoms with Crippen molar-refractivity contribution >= 4 is 5.78 Å². The Bertz CT molecular complexity index is 300. The van der Waals surface area contributed by atoms with Crippen molar-refractivity contribution in [1.82, 2.24) is 0 Å². The number of ketones is 1. The summed E-state index contributed by atoms with van der Waals surface area (Å²) in [6.45, 7) is 5.93. The zero-order chi connectivity index (χ0) is 12.0. The molecule has 0 aromatic rings. The van der Waals surface area contributed by atoms with Crippen LogP contribution in [0.4, 0.5) is 0 Å². The van der Waals surface area contributed by atoms with Gasteiger partial charge in [0, 0.05) is 18.8 Å². The second-order valence-electron chi connectivity index (χ2n) is 5.84. The summed E-state index contributed by atoms with van der Waals surface area (Å²) in [4.78, 5) is 12.0. The summed E-state index contributed by atoms with van der Waals surface area (Å²) in [5, 5.41) is 10.4. The predicted octanol–water partition coefficient (Wildman–Crippen LogP) is 2.27. The zero-order valence-corrected chi connectivity index (χ0v) is 10.5. The number of hydrogen-bond acceptors (Lipinski definition) is 3. The fourth-order valence-electron chi connectivity index (χ4n) is 2.89. The van der Waals surface area contributed by atoms with Crippen molar-refractivity contribution in [1.29, 1.82) is 0 Å². The quantitative estimate of drug-likeness (QED) is 0.746. The summed E-state index contributed by atoms with van der Waals surface area (Å²) in [7, 11) is 0. The lowest BCUT2D eigenvalue weighted by Crippen LogP contribution is -2.56. The maximum absolute atomic E-state index is 12.0. The Morgan fingerprint density at radius 3 is 2.75 bits per heavy atom. The Morgan fingerprint density at radius 2 is 2.12 bits per heavy atom. The molecule has 92 valence electrons. The van der Waals surface area contributed by atoms with Crippen LogP contribution in [0.5, 0.6) is 0 Å². The van der Waals surface area contributed by atoms with Gasteiger partial charge in [0.05, 0.1) is 11.5 Å². The number of ether oxygens (including phenoxy) is 1. The van der Waals surface area contributed by atoms with E-state index >= 15 is 0 Å². The highest BCUT2D eigenvalue weighted by Gasteiger charge is 2.52. The van der Waals surface area contributed by atoms with E-state index < -0.39 is 5.79 Å². The van der Waals surface area contributed by atoms with Crippen LogP contribution in [-0.4, -0.2) is 22.8 Å². The molecule has 2 rings (SSSR count). The highest BCUT2D eigenvalue weighted by molar-refractivity contribution is 5.86. The van der Waals surface area contributed by atoms with E-state index in [-0.39, 0.29) is 17.4 Å². The van der Waals surface area contributed by atoms with Gasteiger partial charge in [-0.3, -0.25) is 4.79 Å². The van der Waals surface area contributed by atoms with Crippen LogP contribution in [0.25, 0.3) is 0 Å². The third-order valence-corrected chi connectivity index (χ3v) is 4.47. The molecule has 2 aliphatic rings. The van der Waals surface area contributed by atoms with E-state index in [0.29, 0.717) is 18.6 Å². The first kappa shape index (κ1) is 12.1. The fourth-order valence-corrected chi connectivity index (χ4v) is 2.89. The van der Waals surface area contributed by atoms with Crippen LogP contribution in [0.2, 0.25) is 0 Å². The average Bonchev–Trinajstić information content (AvgIpc) is 2.22. The molecular formula is C13H22O3. The maximum atomic E-state index is 12.0. The summed E-state index contributed by atoms with van der Waals surface area (Å²) in [6.07, 6.45) is 3.71. The Kier molecular flexibility index (Phi) is 2.87. The van der Waals surface area contributed by atoms with Crippen molar-refractivity contribution in [3.63, 3.8) is 0 Å². The van der Waals surface area contributed by atoms with Gasteiger partial charge in [-0.1, -0.05) is 20.8 Å². The van der Waals surface area contributed by atoms with Gasteiger partial charge in [0.1, 0.15) is 5.78 Å². The Morgan fingerprint density at radius 1 is 1.44 bits per heavy atom. The Labute approximate surface area is 97.2 Å². The second kappa shape index (κ2) is 3.81. The van der Waals surface area contributed by atoms with Gasteiger partial charge in [-0.25, -0.2) is 0 Å².